The number of nitrogens with one attached hydrogen (secondary N) is 1. The second-order valence-corrected chi connectivity index (χ2v) is 6.76. The maximum absolute atomic E-state index is 14.0. The maximum atomic E-state index is 14.0. The highest BCUT2D eigenvalue weighted by atomic mass is 35.5. The molecule has 1 heterocycles. The van der Waals surface area contributed by atoms with E-state index >= 15 is 0 Å². The Hall–Kier alpha value is -0.900. The van der Waals surface area contributed by atoms with E-state index < -0.39 is 0 Å². The van der Waals surface area contributed by atoms with Gasteiger partial charge in [0.15, 0.2) is 0 Å². The first-order valence-electron chi connectivity index (χ1n) is 7.37. The van der Waals surface area contributed by atoms with Gasteiger partial charge in [-0.2, -0.15) is 0 Å². The summed E-state index contributed by atoms with van der Waals surface area (Å²) in [4.78, 5) is 2.74. The second-order valence-electron chi connectivity index (χ2n) is 5.10. The van der Waals surface area contributed by atoms with E-state index in [2.05, 4.69) is 31.3 Å². The molecule has 0 amide bonds. The van der Waals surface area contributed by atoms with Crippen molar-refractivity contribution in [3.63, 3.8) is 0 Å². The molecule has 0 aliphatic rings. The van der Waals surface area contributed by atoms with Gasteiger partial charge in [0.2, 0.25) is 0 Å². The van der Waals surface area contributed by atoms with Crippen LogP contribution in [0.5, 0.6) is 0 Å². The predicted molar refractivity (Wildman–Crippen MR) is 90.0 cm³/mol. The normalized spacial score (nSPS) is 12.6. The third kappa shape index (κ3) is 4.53. The molecule has 0 saturated carbocycles. The van der Waals surface area contributed by atoms with Gasteiger partial charge in [-0.1, -0.05) is 37.6 Å². The highest BCUT2D eigenvalue weighted by Crippen LogP contribution is 2.22. The van der Waals surface area contributed by atoms with Gasteiger partial charge in [-0.15, -0.1) is 11.3 Å². The first kappa shape index (κ1) is 16.5. The third-order valence-corrected chi connectivity index (χ3v) is 5.05. The minimum Gasteiger partial charge on any atom is -0.314 e. The monoisotopic (exact) mass is 325 g/mol. The standard InChI is InChI=1S/C17H21ClFNS/c1-3-14-8-9-15(21-14)11-13(20-4-2)10-12-6-5-7-16(18)17(12)19/h5-9,13,20H,3-4,10-11H2,1-2H3. The van der Waals surface area contributed by atoms with Crippen LogP contribution in [-0.2, 0) is 19.3 Å². The molecule has 1 N–H and O–H groups in total. The topological polar surface area (TPSA) is 12.0 Å². The van der Waals surface area contributed by atoms with Gasteiger partial charge in [-0.25, -0.2) is 4.39 Å². The summed E-state index contributed by atoms with van der Waals surface area (Å²) in [5, 5.41) is 3.65. The molecule has 21 heavy (non-hydrogen) atoms. The van der Waals surface area contributed by atoms with Crippen molar-refractivity contribution in [1.29, 1.82) is 0 Å². The molecular formula is C17H21ClFNS. The summed E-state index contributed by atoms with van der Waals surface area (Å²) in [7, 11) is 0. The zero-order chi connectivity index (χ0) is 15.2. The van der Waals surface area contributed by atoms with Crippen LogP contribution < -0.4 is 5.32 Å². The zero-order valence-corrected chi connectivity index (χ0v) is 14.0. The number of hydrogen-bond acceptors (Lipinski definition) is 2. The average Bonchev–Trinajstić information content (AvgIpc) is 2.92. The molecule has 4 heteroatoms. The number of likely N-dealkylation sites (N-methyl/N-ethyl adjacent to an activating group) is 1. The van der Waals surface area contributed by atoms with E-state index in [1.807, 2.05) is 23.5 Å². The van der Waals surface area contributed by atoms with Gasteiger partial charge in [-0.05, 0) is 49.6 Å². The number of hydrogen-bond donors (Lipinski definition) is 1. The van der Waals surface area contributed by atoms with Crippen molar-refractivity contribution in [3.8, 4) is 0 Å². The quantitative estimate of drug-likeness (QED) is 0.766. The van der Waals surface area contributed by atoms with Gasteiger partial charge in [0.25, 0.3) is 0 Å². The van der Waals surface area contributed by atoms with E-state index in [9.17, 15) is 4.39 Å². The smallest absolute Gasteiger partial charge is 0.145 e. The number of halogens is 2. The van der Waals surface area contributed by atoms with E-state index in [1.54, 1.807) is 6.07 Å². The van der Waals surface area contributed by atoms with Crippen molar-refractivity contribution in [1.82, 2.24) is 5.32 Å². The molecule has 0 fully saturated rings. The van der Waals surface area contributed by atoms with Crippen LogP contribution in [0.3, 0.4) is 0 Å². The maximum Gasteiger partial charge on any atom is 0.145 e. The fraction of sp³-hybridized carbons (Fsp3) is 0.412. The van der Waals surface area contributed by atoms with Crippen LogP contribution in [0.2, 0.25) is 5.02 Å². The van der Waals surface area contributed by atoms with E-state index in [-0.39, 0.29) is 16.9 Å². The number of aryl methyl sites for hydroxylation is 1. The highest BCUT2D eigenvalue weighted by molar-refractivity contribution is 7.11. The minimum atomic E-state index is -0.289. The molecule has 0 radical (unpaired) electrons. The Morgan fingerprint density at radius 3 is 2.57 bits per heavy atom. The Balaban J connectivity index is 2.09. The molecule has 1 atom stereocenters. The Morgan fingerprint density at radius 2 is 1.90 bits per heavy atom. The highest BCUT2D eigenvalue weighted by Gasteiger charge is 2.14. The summed E-state index contributed by atoms with van der Waals surface area (Å²) >= 11 is 7.71. The molecule has 1 nitrogen and oxygen atoms in total. The molecule has 2 aromatic rings. The van der Waals surface area contributed by atoms with Crippen LogP contribution in [-0.4, -0.2) is 12.6 Å². The number of thiophene rings is 1. The van der Waals surface area contributed by atoms with E-state index in [0.717, 1.165) is 19.4 Å². The predicted octanol–water partition coefficient (Wildman–Crippen LogP) is 4.87. The van der Waals surface area contributed by atoms with Crippen molar-refractivity contribution in [2.45, 2.75) is 39.2 Å². The third-order valence-electron chi connectivity index (χ3n) is 3.50. The van der Waals surface area contributed by atoms with Gasteiger partial charge in [-0.3, -0.25) is 0 Å². The molecule has 114 valence electrons. The summed E-state index contributed by atoms with van der Waals surface area (Å²) in [6, 6.07) is 9.81. The fourth-order valence-corrected chi connectivity index (χ4v) is 3.67. The van der Waals surface area contributed by atoms with Gasteiger partial charge in [0.05, 0.1) is 5.02 Å². The molecule has 0 aliphatic carbocycles. The van der Waals surface area contributed by atoms with Crippen molar-refractivity contribution < 1.29 is 4.39 Å². The fourth-order valence-electron chi connectivity index (χ4n) is 2.44. The van der Waals surface area contributed by atoms with Crippen molar-refractivity contribution in [3.05, 3.63) is 56.5 Å². The van der Waals surface area contributed by atoms with E-state index in [0.29, 0.717) is 12.0 Å². The first-order chi connectivity index (χ1) is 10.1. The molecule has 1 aromatic carbocycles. The first-order valence-corrected chi connectivity index (χ1v) is 8.57. The minimum absolute atomic E-state index is 0.201. The van der Waals surface area contributed by atoms with Crippen LogP contribution in [0.25, 0.3) is 0 Å². The van der Waals surface area contributed by atoms with Gasteiger partial charge in [0, 0.05) is 15.8 Å². The van der Waals surface area contributed by atoms with Crippen molar-refractivity contribution >= 4 is 22.9 Å². The second kappa shape index (κ2) is 7.92. The van der Waals surface area contributed by atoms with Crippen LogP contribution in [0.1, 0.15) is 29.2 Å². The molecule has 0 saturated heterocycles. The average molecular weight is 326 g/mol. The number of rotatable bonds is 7. The van der Waals surface area contributed by atoms with Crippen LogP contribution >= 0.6 is 22.9 Å². The molecule has 1 aromatic heterocycles. The Labute approximate surface area is 135 Å². The summed E-state index contributed by atoms with van der Waals surface area (Å²) in [6.45, 7) is 5.12. The lowest BCUT2D eigenvalue weighted by atomic mass is 10.0. The van der Waals surface area contributed by atoms with Crippen LogP contribution in [0, 0.1) is 5.82 Å². The van der Waals surface area contributed by atoms with Gasteiger partial charge >= 0.3 is 0 Å². The molecule has 0 bridgehead atoms. The summed E-state index contributed by atoms with van der Waals surface area (Å²) in [6.07, 6.45) is 2.64. The van der Waals surface area contributed by atoms with Crippen molar-refractivity contribution in [2.75, 3.05) is 6.54 Å². The molecule has 1 unspecified atom stereocenters. The molecular weight excluding hydrogens is 305 g/mol. The zero-order valence-electron chi connectivity index (χ0n) is 12.5. The summed E-state index contributed by atoms with van der Waals surface area (Å²) in [5.74, 6) is -0.289. The van der Waals surface area contributed by atoms with E-state index in [1.165, 1.54) is 9.75 Å². The van der Waals surface area contributed by atoms with Crippen LogP contribution in [0.4, 0.5) is 4.39 Å². The van der Waals surface area contributed by atoms with Gasteiger partial charge in [0.1, 0.15) is 5.82 Å². The number of benzene rings is 1. The lowest BCUT2D eigenvalue weighted by Crippen LogP contribution is -2.33. The SMILES string of the molecule is CCNC(Cc1ccc(CC)s1)Cc1cccc(Cl)c1F. The Bertz CT molecular complexity index is 582. The largest absolute Gasteiger partial charge is 0.314 e. The lowest BCUT2D eigenvalue weighted by molar-refractivity contribution is 0.508. The van der Waals surface area contributed by atoms with Gasteiger partial charge < -0.3 is 5.32 Å². The van der Waals surface area contributed by atoms with Crippen molar-refractivity contribution in [2.24, 2.45) is 0 Å². The lowest BCUT2D eigenvalue weighted by Gasteiger charge is -2.18. The summed E-state index contributed by atoms with van der Waals surface area (Å²) in [5.41, 5.74) is 0.681. The molecule has 2 rings (SSSR count). The summed E-state index contributed by atoms with van der Waals surface area (Å²) < 4.78 is 14.0. The molecule has 0 spiro atoms. The Morgan fingerprint density at radius 1 is 1.14 bits per heavy atom. The Kier molecular flexibility index (Phi) is 6.22. The van der Waals surface area contributed by atoms with Crippen LogP contribution in [0.15, 0.2) is 30.3 Å². The molecule has 0 aliphatic heterocycles. The van der Waals surface area contributed by atoms with E-state index in [4.69, 9.17) is 11.6 Å².